The lowest BCUT2D eigenvalue weighted by Crippen LogP contribution is -2.31. The van der Waals surface area contributed by atoms with Gasteiger partial charge in [0.2, 0.25) is 0 Å². The van der Waals surface area contributed by atoms with E-state index in [0.717, 1.165) is 36.1 Å². The van der Waals surface area contributed by atoms with Crippen molar-refractivity contribution in [3.05, 3.63) is 77.4 Å². The van der Waals surface area contributed by atoms with E-state index < -0.39 is 42.7 Å². The number of aromatic nitrogens is 3. The number of fused-ring (bicyclic) bond motifs is 1. The molecule has 0 aliphatic carbocycles. The van der Waals surface area contributed by atoms with Crippen LogP contribution in [0.4, 0.5) is 34.8 Å². The fourth-order valence-corrected chi connectivity index (χ4v) is 4.99. The van der Waals surface area contributed by atoms with Crippen molar-refractivity contribution >= 4 is 45.9 Å². The summed E-state index contributed by atoms with van der Waals surface area (Å²) < 4.78 is 54.1. The van der Waals surface area contributed by atoms with Crippen molar-refractivity contribution in [1.29, 1.82) is 0 Å². The van der Waals surface area contributed by atoms with Crippen LogP contribution in [0.15, 0.2) is 54.7 Å². The summed E-state index contributed by atoms with van der Waals surface area (Å²) in [5.74, 6) is -3.01. The van der Waals surface area contributed by atoms with Gasteiger partial charge in [-0.1, -0.05) is 18.2 Å². The maximum atomic E-state index is 13.8. The molecule has 0 unspecified atom stereocenters. The van der Waals surface area contributed by atoms with Gasteiger partial charge in [-0.15, -0.1) is 0 Å². The second-order valence-corrected chi connectivity index (χ2v) is 10.1. The van der Waals surface area contributed by atoms with Crippen LogP contribution in [0.25, 0.3) is 10.9 Å². The number of anilines is 3. The highest BCUT2D eigenvalue weighted by Gasteiger charge is 2.31. The number of rotatable bonds is 8. The fourth-order valence-electron chi connectivity index (χ4n) is 4.99. The lowest BCUT2D eigenvalue weighted by atomic mass is 10.1. The highest BCUT2D eigenvalue weighted by Crippen LogP contribution is 2.30. The number of aliphatic carboxylic acids is 1. The molecule has 0 radical (unpaired) electrons. The SMILES string of the molecule is O=C(O)Cc1cc(F)ccc1NC(=O)c1cnc(N2CCCCC2)c(NC(=O)c2nn(CC(F)(F)F)c3ccccc23)c1. The summed E-state index contributed by atoms with van der Waals surface area (Å²) in [6.45, 7) is -0.109. The van der Waals surface area contributed by atoms with Crippen LogP contribution in [-0.4, -0.2) is 56.9 Å². The van der Waals surface area contributed by atoms with Crippen LogP contribution in [0, 0.1) is 5.82 Å². The van der Waals surface area contributed by atoms with Gasteiger partial charge in [-0.25, -0.2) is 9.37 Å². The van der Waals surface area contributed by atoms with Gasteiger partial charge in [0.05, 0.1) is 23.2 Å². The van der Waals surface area contributed by atoms with Crippen molar-refractivity contribution < 1.29 is 37.1 Å². The average molecular weight is 599 g/mol. The van der Waals surface area contributed by atoms with Crippen LogP contribution < -0.4 is 15.5 Å². The van der Waals surface area contributed by atoms with Crippen LogP contribution in [0.2, 0.25) is 0 Å². The topological polar surface area (TPSA) is 129 Å². The quantitative estimate of drug-likeness (QED) is 0.236. The van der Waals surface area contributed by atoms with Crippen molar-refractivity contribution in [2.24, 2.45) is 0 Å². The molecule has 0 atom stereocenters. The summed E-state index contributed by atoms with van der Waals surface area (Å²) in [6, 6.07) is 10.8. The molecule has 1 fully saturated rings. The molecule has 1 saturated heterocycles. The van der Waals surface area contributed by atoms with E-state index in [1.807, 2.05) is 4.90 Å². The lowest BCUT2D eigenvalue weighted by Gasteiger charge is -2.29. The van der Waals surface area contributed by atoms with E-state index in [1.54, 1.807) is 12.1 Å². The van der Waals surface area contributed by atoms with Crippen LogP contribution >= 0.6 is 0 Å². The number of carbonyl (C=O) groups excluding carboxylic acids is 2. The largest absolute Gasteiger partial charge is 0.481 e. The van der Waals surface area contributed by atoms with Crippen LogP contribution in [0.3, 0.4) is 0 Å². The summed E-state index contributed by atoms with van der Waals surface area (Å²) in [5, 5.41) is 18.6. The van der Waals surface area contributed by atoms with Crippen molar-refractivity contribution in [2.75, 3.05) is 28.6 Å². The van der Waals surface area contributed by atoms with Crippen LogP contribution in [-0.2, 0) is 17.8 Å². The number of pyridine rings is 1. The number of para-hydroxylation sites is 1. The van der Waals surface area contributed by atoms with E-state index in [-0.39, 0.29) is 39.1 Å². The maximum Gasteiger partial charge on any atom is 0.408 e. The molecule has 2 amide bonds. The van der Waals surface area contributed by atoms with Gasteiger partial charge in [0.1, 0.15) is 12.4 Å². The second kappa shape index (κ2) is 12.1. The van der Waals surface area contributed by atoms with E-state index in [4.69, 9.17) is 0 Å². The molecular formula is C29H26F4N6O4. The number of alkyl halides is 3. The zero-order chi connectivity index (χ0) is 30.7. The number of amides is 2. The van der Waals surface area contributed by atoms with Gasteiger partial charge in [0, 0.05) is 30.4 Å². The Morgan fingerprint density at radius 1 is 0.930 bits per heavy atom. The molecule has 14 heteroatoms. The number of piperidine rings is 1. The third-order valence-corrected chi connectivity index (χ3v) is 6.89. The molecular weight excluding hydrogens is 572 g/mol. The zero-order valence-electron chi connectivity index (χ0n) is 22.6. The van der Waals surface area contributed by atoms with Gasteiger partial charge in [-0.05, 0) is 55.2 Å². The molecule has 10 nitrogen and oxygen atoms in total. The first-order chi connectivity index (χ1) is 20.5. The molecule has 1 aliphatic rings. The molecule has 0 saturated carbocycles. The summed E-state index contributed by atoms with van der Waals surface area (Å²) in [5.41, 5.74) is 0.163. The van der Waals surface area contributed by atoms with Crippen LogP contribution in [0.5, 0.6) is 0 Å². The predicted molar refractivity (Wildman–Crippen MR) is 150 cm³/mol. The van der Waals surface area contributed by atoms with Crippen molar-refractivity contribution in [2.45, 2.75) is 38.4 Å². The maximum absolute atomic E-state index is 13.8. The smallest absolute Gasteiger partial charge is 0.408 e. The standard InChI is InChI=1S/C29H26F4N6O4/c30-19-8-9-21(17(12-19)14-24(40)41)35-27(42)18-13-22(26(34-15-18)38-10-4-1-5-11-38)36-28(43)25-20-6-2-3-7-23(20)39(37-25)16-29(31,32)33/h2-3,6-9,12-13,15H,1,4-5,10-11,14,16H2,(H,35,42)(H,36,43)(H,40,41). The highest BCUT2D eigenvalue weighted by atomic mass is 19.4. The first-order valence-corrected chi connectivity index (χ1v) is 13.4. The Balaban J connectivity index is 1.48. The number of hydrogen-bond acceptors (Lipinski definition) is 6. The van der Waals surface area contributed by atoms with Gasteiger partial charge in [-0.2, -0.15) is 18.3 Å². The molecule has 3 heterocycles. The minimum absolute atomic E-state index is 0.00545. The Kier molecular flexibility index (Phi) is 8.28. The van der Waals surface area contributed by atoms with Gasteiger partial charge < -0.3 is 20.6 Å². The molecule has 1 aliphatic heterocycles. The average Bonchev–Trinajstić information content (AvgIpc) is 3.31. The number of benzene rings is 2. The Bertz CT molecular complexity index is 1700. The second-order valence-electron chi connectivity index (χ2n) is 10.1. The number of carbonyl (C=O) groups is 3. The minimum Gasteiger partial charge on any atom is -0.481 e. The Hall–Kier alpha value is -5.01. The monoisotopic (exact) mass is 598 g/mol. The van der Waals surface area contributed by atoms with Gasteiger partial charge in [0.25, 0.3) is 11.8 Å². The lowest BCUT2D eigenvalue weighted by molar-refractivity contribution is -0.142. The minimum atomic E-state index is -4.57. The van der Waals surface area contributed by atoms with E-state index in [2.05, 4.69) is 20.7 Å². The van der Waals surface area contributed by atoms with Crippen LogP contribution in [0.1, 0.15) is 45.7 Å². The molecule has 0 bridgehead atoms. The van der Waals surface area contributed by atoms with E-state index in [0.29, 0.717) is 18.9 Å². The number of nitrogens with zero attached hydrogens (tertiary/aromatic N) is 4. The van der Waals surface area contributed by atoms with E-state index in [9.17, 15) is 37.1 Å². The Morgan fingerprint density at radius 2 is 1.65 bits per heavy atom. The third-order valence-electron chi connectivity index (χ3n) is 6.89. The zero-order valence-corrected chi connectivity index (χ0v) is 22.6. The van der Waals surface area contributed by atoms with Crippen molar-refractivity contribution in [3.63, 3.8) is 0 Å². The molecule has 5 rings (SSSR count). The first-order valence-electron chi connectivity index (χ1n) is 13.4. The molecule has 3 N–H and O–H groups in total. The molecule has 2 aromatic heterocycles. The number of hydrogen-bond donors (Lipinski definition) is 3. The number of carboxylic acids is 1. The summed E-state index contributed by atoms with van der Waals surface area (Å²) in [4.78, 5) is 44.3. The summed E-state index contributed by atoms with van der Waals surface area (Å²) >= 11 is 0. The third kappa shape index (κ3) is 6.90. The van der Waals surface area contributed by atoms with E-state index >= 15 is 0 Å². The summed E-state index contributed by atoms with van der Waals surface area (Å²) in [7, 11) is 0. The molecule has 0 spiro atoms. The normalized spacial score (nSPS) is 13.6. The van der Waals surface area contributed by atoms with Gasteiger partial charge in [-0.3, -0.25) is 19.1 Å². The molecule has 43 heavy (non-hydrogen) atoms. The van der Waals surface area contributed by atoms with Gasteiger partial charge in [0.15, 0.2) is 11.5 Å². The highest BCUT2D eigenvalue weighted by molar-refractivity contribution is 6.13. The fraction of sp³-hybridized carbons (Fsp3) is 0.276. The number of nitrogens with one attached hydrogen (secondary N) is 2. The molecule has 4 aromatic rings. The molecule has 224 valence electrons. The molecule has 2 aromatic carbocycles. The first kappa shape index (κ1) is 29.5. The number of halogens is 4. The van der Waals surface area contributed by atoms with E-state index in [1.165, 1.54) is 30.5 Å². The Labute approximate surface area is 242 Å². The van der Waals surface area contributed by atoms with Crippen molar-refractivity contribution in [3.8, 4) is 0 Å². The van der Waals surface area contributed by atoms with Crippen molar-refractivity contribution in [1.82, 2.24) is 14.8 Å². The van der Waals surface area contributed by atoms with Gasteiger partial charge >= 0.3 is 12.1 Å². The summed E-state index contributed by atoms with van der Waals surface area (Å²) in [6.07, 6.45) is -1.04. The Morgan fingerprint density at radius 3 is 2.37 bits per heavy atom. The predicted octanol–water partition coefficient (Wildman–Crippen LogP) is 5.25. The number of carboxylic acid groups (broad SMARTS) is 1.